The molecule has 2 heteroatoms. The van der Waals surface area contributed by atoms with Crippen molar-refractivity contribution in [3.8, 4) is 11.1 Å². The molecule has 0 N–H and O–H groups in total. The van der Waals surface area contributed by atoms with Gasteiger partial charge in [-0.25, -0.2) is 4.79 Å². The number of ether oxygens (including phenoxy) is 1. The average molecular weight is 309 g/mol. The fourth-order valence-corrected chi connectivity index (χ4v) is 2.55. The van der Waals surface area contributed by atoms with Crippen molar-refractivity contribution in [3.63, 3.8) is 0 Å². The number of unbranched alkanes of at least 4 members (excludes halogenated alkanes) is 3. The van der Waals surface area contributed by atoms with E-state index in [1.165, 1.54) is 19.3 Å². The van der Waals surface area contributed by atoms with Gasteiger partial charge in [0.25, 0.3) is 0 Å². The first kappa shape index (κ1) is 17.3. The van der Waals surface area contributed by atoms with E-state index in [4.69, 9.17) is 4.74 Å². The maximum Gasteiger partial charge on any atom is 0.338 e. The zero-order valence-electron chi connectivity index (χ0n) is 14.0. The van der Waals surface area contributed by atoms with Gasteiger partial charge in [-0.2, -0.15) is 0 Å². The van der Waals surface area contributed by atoms with Crippen molar-refractivity contribution >= 4 is 5.97 Å². The Balaban J connectivity index is 1.88. The summed E-state index contributed by atoms with van der Waals surface area (Å²) in [5, 5.41) is 0. The summed E-state index contributed by atoms with van der Waals surface area (Å²) >= 11 is 0. The van der Waals surface area contributed by atoms with Gasteiger partial charge in [0.2, 0.25) is 0 Å². The first-order valence-corrected chi connectivity index (χ1v) is 8.48. The molecule has 2 rings (SSSR count). The third-order valence-electron chi connectivity index (χ3n) is 3.94. The van der Waals surface area contributed by atoms with Crippen LogP contribution in [0, 0.1) is 6.07 Å². The van der Waals surface area contributed by atoms with Gasteiger partial charge < -0.3 is 4.74 Å². The molecular weight excluding hydrogens is 284 g/mol. The van der Waals surface area contributed by atoms with E-state index in [-0.39, 0.29) is 12.1 Å². The molecule has 0 aromatic heterocycles. The van der Waals surface area contributed by atoms with E-state index < -0.39 is 0 Å². The van der Waals surface area contributed by atoms with Crippen LogP contribution in [0.15, 0.2) is 48.5 Å². The topological polar surface area (TPSA) is 26.3 Å². The molecule has 0 unspecified atom stereocenters. The summed E-state index contributed by atoms with van der Waals surface area (Å²) in [6, 6.07) is 18.4. The van der Waals surface area contributed by atoms with Crippen molar-refractivity contribution in [1.82, 2.24) is 0 Å². The molecule has 0 saturated carbocycles. The van der Waals surface area contributed by atoms with Crippen LogP contribution in [0.2, 0.25) is 0 Å². The Labute approximate surface area is 139 Å². The summed E-state index contributed by atoms with van der Waals surface area (Å²) < 4.78 is 5.52. The lowest BCUT2D eigenvalue weighted by atomic mass is 10.0. The minimum atomic E-state index is -0.235. The molecule has 2 nitrogen and oxygen atoms in total. The lowest BCUT2D eigenvalue weighted by Gasteiger charge is -2.13. The quantitative estimate of drug-likeness (QED) is 0.464. The van der Waals surface area contributed by atoms with Crippen LogP contribution in [-0.2, 0) is 4.74 Å². The van der Waals surface area contributed by atoms with Crippen LogP contribution in [0.5, 0.6) is 0 Å². The van der Waals surface area contributed by atoms with Crippen molar-refractivity contribution in [2.24, 2.45) is 0 Å². The Hall–Kier alpha value is -2.09. The zero-order valence-corrected chi connectivity index (χ0v) is 14.0. The van der Waals surface area contributed by atoms with E-state index in [1.54, 1.807) is 0 Å². The molecule has 0 fully saturated rings. The SMILES string of the molecule is CCCCCC[C@H](C)OC(=O)c1ccc(-c2cc[c]cc2)cc1. The number of hydrogen-bond acceptors (Lipinski definition) is 2. The van der Waals surface area contributed by atoms with Crippen LogP contribution in [-0.4, -0.2) is 12.1 Å². The predicted molar refractivity (Wildman–Crippen MR) is 94.4 cm³/mol. The third kappa shape index (κ3) is 5.55. The van der Waals surface area contributed by atoms with Gasteiger partial charge in [-0.05, 0) is 49.1 Å². The van der Waals surface area contributed by atoms with E-state index in [9.17, 15) is 4.79 Å². The van der Waals surface area contributed by atoms with E-state index in [0.29, 0.717) is 5.56 Å². The Morgan fingerprint density at radius 1 is 1.00 bits per heavy atom. The number of carbonyl (C=O) groups excluding carboxylic acids is 1. The Morgan fingerprint density at radius 2 is 1.65 bits per heavy atom. The minimum Gasteiger partial charge on any atom is -0.459 e. The van der Waals surface area contributed by atoms with Gasteiger partial charge in [0, 0.05) is 0 Å². The van der Waals surface area contributed by atoms with Crippen LogP contribution in [0.3, 0.4) is 0 Å². The normalized spacial score (nSPS) is 11.9. The summed E-state index contributed by atoms with van der Waals surface area (Å²) in [6.45, 7) is 4.17. The number of carbonyl (C=O) groups is 1. The highest BCUT2D eigenvalue weighted by atomic mass is 16.5. The molecule has 1 radical (unpaired) electrons. The first-order chi connectivity index (χ1) is 11.2. The standard InChI is InChI=1S/C21H25O2/c1-3-4-5-7-10-17(2)23-21(22)20-15-13-19(14-16-20)18-11-8-6-9-12-18/h8-9,11-17H,3-5,7,10H2,1-2H3/t17-/m0/s1. The molecule has 0 amide bonds. The lowest BCUT2D eigenvalue weighted by molar-refractivity contribution is 0.0319. The second-order valence-corrected chi connectivity index (χ2v) is 5.93. The molecule has 121 valence electrons. The van der Waals surface area contributed by atoms with E-state index in [0.717, 1.165) is 24.0 Å². The Kier molecular flexibility index (Phi) is 6.86. The maximum atomic E-state index is 12.2. The van der Waals surface area contributed by atoms with Crippen LogP contribution < -0.4 is 0 Å². The van der Waals surface area contributed by atoms with Crippen LogP contribution in [0.4, 0.5) is 0 Å². The highest BCUT2D eigenvalue weighted by molar-refractivity contribution is 5.90. The third-order valence-corrected chi connectivity index (χ3v) is 3.94. The highest BCUT2D eigenvalue weighted by Gasteiger charge is 2.12. The summed E-state index contributed by atoms with van der Waals surface area (Å²) in [6.07, 6.45) is 5.71. The largest absolute Gasteiger partial charge is 0.459 e. The second kappa shape index (κ2) is 9.14. The van der Waals surface area contributed by atoms with Crippen LogP contribution in [0.1, 0.15) is 56.3 Å². The Bertz CT molecular complexity index is 587. The van der Waals surface area contributed by atoms with Crippen molar-refractivity contribution in [2.45, 2.75) is 52.1 Å². The molecule has 0 aliphatic heterocycles. The van der Waals surface area contributed by atoms with Gasteiger partial charge in [-0.3, -0.25) is 0 Å². The second-order valence-electron chi connectivity index (χ2n) is 5.93. The van der Waals surface area contributed by atoms with Crippen LogP contribution >= 0.6 is 0 Å². The molecule has 2 aromatic rings. The van der Waals surface area contributed by atoms with Gasteiger partial charge in [-0.1, -0.05) is 62.6 Å². The maximum absolute atomic E-state index is 12.2. The van der Waals surface area contributed by atoms with E-state index >= 15 is 0 Å². The molecular formula is C21H25O2. The fraction of sp³-hybridized carbons (Fsp3) is 0.381. The molecule has 0 bridgehead atoms. The number of esters is 1. The van der Waals surface area contributed by atoms with Crippen molar-refractivity contribution < 1.29 is 9.53 Å². The minimum absolute atomic E-state index is 0.0244. The van der Waals surface area contributed by atoms with Crippen molar-refractivity contribution in [3.05, 3.63) is 60.2 Å². The number of benzene rings is 2. The summed E-state index contributed by atoms with van der Waals surface area (Å²) in [4.78, 5) is 12.2. The van der Waals surface area contributed by atoms with Gasteiger partial charge in [0.1, 0.15) is 0 Å². The fourth-order valence-electron chi connectivity index (χ4n) is 2.55. The van der Waals surface area contributed by atoms with Crippen LogP contribution in [0.25, 0.3) is 11.1 Å². The highest BCUT2D eigenvalue weighted by Crippen LogP contribution is 2.20. The Morgan fingerprint density at radius 3 is 2.30 bits per heavy atom. The molecule has 1 atom stereocenters. The first-order valence-electron chi connectivity index (χ1n) is 8.48. The molecule has 2 aromatic carbocycles. The van der Waals surface area contributed by atoms with Gasteiger partial charge in [0.15, 0.2) is 0 Å². The summed E-state index contributed by atoms with van der Waals surface area (Å²) in [5.74, 6) is -0.235. The lowest BCUT2D eigenvalue weighted by Crippen LogP contribution is -2.15. The molecule has 0 spiro atoms. The molecule has 0 aliphatic carbocycles. The molecule has 0 heterocycles. The number of rotatable bonds is 8. The predicted octanol–water partition coefficient (Wildman–Crippen LogP) is 5.67. The van der Waals surface area contributed by atoms with Gasteiger partial charge in [-0.15, -0.1) is 0 Å². The summed E-state index contributed by atoms with van der Waals surface area (Å²) in [5.41, 5.74) is 2.81. The van der Waals surface area contributed by atoms with Gasteiger partial charge in [0.05, 0.1) is 11.7 Å². The molecule has 0 aliphatic rings. The summed E-state index contributed by atoms with van der Waals surface area (Å²) in [7, 11) is 0. The van der Waals surface area contributed by atoms with Crippen molar-refractivity contribution in [2.75, 3.05) is 0 Å². The smallest absolute Gasteiger partial charge is 0.338 e. The molecule has 0 saturated heterocycles. The van der Waals surface area contributed by atoms with Gasteiger partial charge >= 0.3 is 5.97 Å². The van der Waals surface area contributed by atoms with E-state index in [1.807, 2.05) is 55.5 Å². The number of hydrogen-bond donors (Lipinski definition) is 0. The molecule has 23 heavy (non-hydrogen) atoms. The average Bonchev–Trinajstić information content (AvgIpc) is 2.59. The van der Waals surface area contributed by atoms with E-state index in [2.05, 4.69) is 13.0 Å². The monoisotopic (exact) mass is 309 g/mol. The van der Waals surface area contributed by atoms with Crippen molar-refractivity contribution in [1.29, 1.82) is 0 Å². The zero-order chi connectivity index (χ0) is 16.5.